The van der Waals surface area contributed by atoms with Gasteiger partial charge in [0.2, 0.25) is 0 Å². The number of carbonyl (C=O) groups excluding carboxylic acids is 1. The summed E-state index contributed by atoms with van der Waals surface area (Å²) in [6, 6.07) is 3.05. The third-order valence-electron chi connectivity index (χ3n) is 7.36. The van der Waals surface area contributed by atoms with Crippen LogP contribution in [0.3, 0.4) is 0 Å². The summed E-state index contributed by atoms with van der Waals surface area (Å²) in [5, 5.41) is 7.34. The van der Waals surface area contributed by atoms with E-state index in [2.05, 4.69) is 15.4 Å². The van der Waals surface area contributed by atoms with Crippen LogP contribution in [0.5, 0.6) is 0 Å². The number of amides is 1. The van der Waals surface area contributed by atoms with Crippen LogP contribution in [0.25, 0.3) is 0 Å². The highest BCUT2D eigenvalue weighted by atomic mass is 32.2. The largest absolute Gasteiger partial charge is 0.420 e. The summed E-state index contributed by atoms with van der Waals surface area (Å²) in [5.41, 5.74) is -3.67. The molecule has 3 aliphatic carbocycles. The van der Waals surface area contributed by atoms with Crippen LogP contribution in [0.15, 0.2) is 23.4 Å². The monoisotopic (exact) mass is 486 g/mol. The number of halogens is 5. The van der Waals surface area contributed by atoms with E-state index in [0.717, 1.165) is 4.68 Å². The molecule has 2 aromatic rings. The molecule has 3 fully saturated rings. The van der Waals surface area contributed by atoms with E-state index >= 15 is 0 Å². The lowest BCUT2D eigenvalue weighted by molar-refractivity contribution is -0.243. The Kier molecular flexibility index (Phi) is 4.91. The number of thioether (sulfide) groups is 1. The summed E-state index contributed by atoms with van der Waals surface area (Å²) in [5.74, 6) is -4.17. The summed E-state index contributed by atoms with van der Waals surface area (Å²) in [4.78, 5) is 17.3. The summed E-state index contributed by atoms with van der Waals surface area (Å²) < 4.78 is 72.2. The van der Waals surface area contributed by atoms with Crippen LogP contribution in [0, 0.1) is 10.8 Å². The first kappa shape index (κ1) is 22.6. The number of aromatic nitrogens is 3. The van der Waals surface area contributed by atoms with Crippen molar-refractivity contribution < 1.29 is 26.7 Å². The lowest BCUT2D eigenvalue weighted by Gasteiger charge is -2.54. The number of pyridine rings is 1. The number of rotatable bonds is 6. The molecule has 5 nitrogen and oxygen atoms in total. The molecular weight excluding hydrogens is 463 g/mol. The Bertz CT molecular complexity index is 1120. The first-order valence-electron chi connectivity index (χ1n) is 10.8. The van der Waals surface area contributed by atoms with Crippen LogP contribution < -0.4 is 5.32 Å². The van der Waals surface area contributed by atoms with Gasteiger partial charge in [0.05, 0.1) is 10.7 Å². The number of nitrogens with zero attached hydrogens (tertiary/aromatic N) is 3. The van der Waals surface area contributed by atoms with Gasteiger partial charge in [0.1, 0.15) is 11.3 Å². The molecule has 178 valence electrons. The van der Waals surface area contributed by atoms with Crippen molar-refractivity contribution in [1.82, 2.24) is 14.8 Å². The zero-order valence-electron chi connectivity index (χ0n) is 18.1. The second kappa shape index (κ2) is 7.16. The molecule has 2 aromatic heterocycles. The average Bonchev–Trinajstić information content (AvgIpc) is 3.63. The van der Waals surface area contributed by atoms with Gasteiger partial charge in [-0.1, -0.05) is 6.92 Å². The first-order chi connectivity index (χ1) is 15.4. The molecule has 0 bridgehead atoms. The highest BCUT2D eigenvalue weighted by molar-refractivity contribution is 7.98. The van der Waals surface area contributed by atoms with Crippen molar-refractivity contribution in [2.75, 3.05) is 11.6 Å². The Balaban J connectivity index is 1.55. The van der Waals surface area contributed by atoms with Gasteiger partial charge >= 0.3 is 6.18 Å². The zero-order valence-corrected chi connectivity index (χ0v) is 18.9. The van der Waals surface area contributed by atoms with Crippen LogP contribution >= 0.6 is 11.8 Å². The molecule has 1 spiro atoms. The molecule has 0 saturated heterocycles. The van der Waals surface area contributed by atoms with Gasteiger partial charge in [-0.05, 0) is 44.1 Å². The maximum absolute atomic E-state index is 14.3. The number of hydrogen-bond acceptors (Lipinski definition) is 4. The second-order valence-electron chi connectivity index (χ2n) is 9.60. The normalized spacial score (nSPS) is 25.1. The molecule has 11 heteroatoms. The van der Waals surface area contributed by atoms with E-state index in [-0.39, 0.29) is 18.2 Å². The molecule has 0 unspecified atom stereocenters. The average molecular weight is 487 g/mol. The molecule has 3 saturated carbocycles. The summed E-state index contributed by atoms with van der Waals surface area (Å²) in [7, 11) is 0. The predicted octanol–water partition coefficient (Wildman–Crippen LogP) is 5.97. The molecule has 2 heterocycles. The van der Waals surface area contributed by atoms with Gasteiger partial charge in [0.25, 0.3) is 11.8 Å². The lowest BCUT2D eigenvalue weighted by Crippen LogP contribution is -2.59. The van der Waals surface area contributed by atoms with Crippen LogP contribution in [0.2, 0.25) is 0 Å². The van der Waals surface area contributed by atoms with Crippen LogP contribution in [-0.4, -0.2) is 32.8 Å². The quantitative estimate of drug-likeness (QED) is 0.404. The Morgan fingerprint density at radius 1 is 1.30 bits per heavy atom. The smallest absolute Gasteiger partial charge is 0.321 e. The highest BCUT2D eigenvalue weighted by Crippen LogP contribution is 2.78. The van der Waals surface area contributed by atoms with Crippen LogP contribution in [-0.2, 0) is 12.7 Å². The topological polar surface area (TPSA) is 59.8 Å². The Morgan fingerprint density at radius 2 is 2.00 bits per heavy atom. The van der Waals surface area contributed by atoms with Gasteiger partial charge in [-0.3, -0.25) is 9.48 Å². The third kappa shape index (κ3) is 3.54. The van der Waals surface area contributed by atoms with Crippen molar-refractivity contribution in [1.29, 1.82) is 0 Å². The van der Waals surface area contributed by atoms with Crippen LogP contribution in [0.4, 0.5) is 27.6 Å². The molecule has 0 radical (unpaired) electrons. The summed E-state index contributed by atoms with van der Waals surface area (Å²) in [6.07, 6.45) is -0.215. The number of nitrogens with one attached hydrogen (secondary N) is 1. The van der Waals surface area contributed by atoms with Crippen LogP contribution in [0.1, 0.15) is 66.7 Å². The van der Waals surface area contributed by atoms with Gasteiger partial charge in [-0.2, -0.15) is 18.3 Å². The molecule has 1 amide bonds. The summed E-state index contributed by atoms with van der Waals surface area (Å²) in [6.45, 7) is 1.51. The molecule has 33 heavy (non-hydrogen) atoms. The second-order valence-corrected chi connectivity index (χ2v) is 10.4. The maximum atomic E-state index is 14.3. The highest BCUT2D eigenvalue weighted by Gasteiger charge is 2.80. The number of hydrogen-bond donors (Lipinski definition) is 1. The third-order valence-corrected chi connectivity index (χ3v) is 8.00. The van der Waals surface area contributed by atoms with Gasteiger partial charge < -0.3 is 5.32 Å². The number of carbonyl (C=O) groups is 1. The summed E-state index contributed by atoms with van der Waals surface area (Å²) >= 11 is 1.33. The van der Waals surface area contributed by atoms with E-state index < -0.39 is 46.5 Å². The SMILES string of the molecule is CSc1cc(NC(=O)c2c(C(F)(F)F)c(C3CC3)nn2C[C@]2(C)CC(F)(F)C23CC3)ccn1. The maximum Gasteiger partial charge on any atom is 0.420 e. The van der Waals surface area contributed by atoms with Crippen molar-refractivity contribution >= 4 is 23.4 Å². The fourth-order valence-corrected chi connectivity index (χ4v) is 5.74. The van der Waals surface area contributed by atoms with E-state index in [1.54, 1.807) is 19.2 Å². The molecule has 0 aliphatic heterocycles. The molecule has 5 rings (SSSR count). The van der Waals surface area contributed by atoms with Gasteiger partial charge in [-0.15, -0.1) is 11.8 Å². The van der Waals surface area contributed by atoms with Gasteiger partial charge in [0, 0.05) is 41.6 Å². The van der Waals surface area contributed by atoms with E-state index in [1.807, 2.05) is 0 Å². The fraction of sp³-hybridized carbons (Fsp3) is 0.591. The van der Waals surface area contributed by atoms with E-state index in [0.29, 0.717) is 36.4 Å². The van der Waals surface area contributed by atoms with Gasteiger partial charge in [0.15, 0.2) is 0 Å². The van der Waals surface area contributed by atoms with Crippen molar-refractivity contribution in [3.63, 3.8) is 0 Å². The minimum absolute atomic E-state index is 0.159. The van der Waals surface area contributed by atoms with E-state index in [1.165, 1.54) is 24.0 Å². The van der Waals surface area contributed by atoms with E-state index in [4.69, 9.17) is 0 Å². The lowest BCUT2D eigenvalue weighted by atomic mass is 9.55. The minimum Gasteiger partial charge on any atom is -0.321 e. The zero-order chi connectivity index (χ0) is 23.8. The van der Waals surface area contributed by atoms with Crippen molar-refractivity contribution in [2.45, 2.75) is 68.6 Å². The van der Waals surface area contributed by atoms with Crippen molar-refractivity contribution in [3.8, 4) is 0 Å². The van der Waals surface area contributed by atoms with Crippen molar-refractivity contribution in [2.24, 2.45) is 10.8 Å². The Morgan fingerprint density at radius 3 is 2.55 bits per heavy atom. The predicted molar refractivity (Wildman–Crippen MR) is 113 cm³/mol. The molecule has 1 N–H and O–H groups in total. The molecular formula is C22H23F5N4OS. The fourth-order valence-electron chi connectivity index (χ4n) is 5.33. The molecule has 0 aromatic carbocycles. The minimum atomic E-state index is -4.80. The van der Waals surface area contributed by atoms with Gasteiger partial charge in [-0.25, -0.2) is 13.8 Å². The Hall–Kier alpha value is -2.17. The molecule has 3 aliphatic rings. The first-order valence-corrected chi connectivity index (χ1v) is 12.0. The molecule has 1 atom stereocenters. The van der Waals surface area contributed by atoms with E-state index in [9.17, 15) is 26.7 Å². The number of anilines is 1. The Labute approximate surface area is 191 Å². The standard InChI is InChI=1S/C22H23F5N4OS/c1-19(10-21(23,24)20(19)6-7-20)11-31-17(15(22(25,26)27)16(30-31)12-3-4-12)18(32)29-13-5-8-28-14(9-13)33-2/h5,8-9,12H,3-4,6-7,10-11H2,1-2H3,(H,28,29,32)/t19-/m0/s1. The number of alkyl halides is 5. The van der Waals surface area contributed by atoms with Crippen molar-refractivity contribution in [3.05, 3.63) is 35.3 Å².